The lowest BCUT2D eigenvalue weighted by atomic mass is 9.89. The van der Waals surface area contributed by atoms with E-state index in [2.05, 4.69) is 97.1 Å². The number of benzene rings is 4. The van der Waals surface area contributed by atoms with Crippen LogP contribution in [0.1, 0.15) is 11.1 Å². The molecule has 0 unspecified atom stereocenters. The second kappa shape index (κ2) is 5.75. The van der Waals surface area contributed by atoms with Crippen LogP contribution in [0, 0.1) is 0 Å². The molecule has 25 heavy (non-hydrogen) atoms. The summed E-state index contributed by atoms with van der Waals surface area (Å²) in [4.78, 5) is 0. The van der Waals surface area contributed by atoms with E-state index < -0.39 is 0 Å². The Morgan fingerprint density at radius 3 is 1.28 bits per heavy atom. The van der Waals surface area contributed by atoms with Crippen molar-refractivity contribution in [1.82, 2.24) is 0 Å². The van der Waals surface area contributed by atoms with E-state index in [0.29, 0.717) is 0 Å². The molecule has 0 N–H and O–H groups in total. The minimum Gasteiger partial charge on any atom is -0.0622 e. The van der Waals surface area contributed by atoms with Crippen molar-refractivity contribution in [3.63, 3.8) is 0 Å². The third kappa shape index (κ3) is 2.30. The Bertz CT molecular complexity index is 957. The van der Waals surface area contributed by atoms with Gasteiger partial charge < -0.3 is 0 Å². The molecule has 4 aromatic carbocycles. The van der Waals surface area contributed by atoms with Crippen LogP contribution >= 0.6 is 0 Å². The van der Waals surface area contributed by atoms with Crippen LogP contribution in [-0.4, -0.2) is 0 Å². The maximum atomic E-state index is 2.27. The molecular weight excluding hydrogens is 300 g/mol. The van der Waals surface area contributed by atoms with Crippen molar-refractivity contribution in [3.05, 3.63) is 108 Å². The first-order chi connectivity index (χ1) is 12.4. The van der Waals surface area contributed by atoms with Crippen LogP contribution in [0.25, 0.3) is 33.4 Å². The summed E-state index contributed by atoms with van der Waals surface area (Å²) in [5.74, 6) is 0. The molecule has 0 amide bonds. The number of fused-ring (bicyclic) bond motifs is 3. The Kier molecular flexibility index (Phi) is 3.28. The van der Waals surface area contributed by atoms with E-state index in [4.69, 9.17) is 0 Å². The first-order valence-electron chi connectivity index (χ1n) is 8.77. The largest absolute Gasteiger partial charge is 0.0622 e. The maximum absolute atomic E-state index is 2.27. The zero-order valence-electron chi connectivity index (χ0n) is 13.9. The molecule has 0 fully saturated rings. The van der Waals surface area contributed by atoms with E-state index in [1.165, 1.54) is 44.5 Å². The Balaban J connectivity index is 1.81. The molecule has 4 aromatic rings. The van der Waals surface area contributed by atoms with Crippen LogP contribution in [0.5, 0.6) is 0 Å². The van der Waals surface area contributed by atoms with Crippen molar-refractivity contribution in [2.24, 2.45) is 0 Å². The fourth-order valence-electron chi connectivity index (χ4n) is 4.01. The summed E-state index contributed by atoms with van der Waals surface area (Å²) in [5.41, 5.74) is 10.9. The molecule has 0 radical (unpaired) electrons. The highest BCUT2D eigenvalue weighted by atomic mass is 14.3. The van der Waals surface area contributed by atoms with Gasteiger partial charge in [-0.05, 0) is 50.9 Å². The highest BCUT2D eigenvalue weighted by molar-refractivity contribution is 5.97. The monoisotopic (exact) mass is 318 g/mol. The van der Waals surface area contributed by atoms with E-state index in [1.54, 1.807) is 0 Å². The van der Waals surface area contributed by atoms with E-state index in [-0.39, 0.29) is 0 Å². The summed E-state index contributed by atoms with van der Waals surface area (Å²) in [6.07, 6.45) is 1.02. The van der Waals surface area contributed by atoms with Crippen molar-refractivity contribution in [1.29, 1.82) is 0 Å². The predicted molar refractivity (Wildman–Crippen MR) is 106 cm³/mol. The normalized spacial score (nSPS) is 11.8. The summed E-state index contributed by atoms with van der Waals surface area (Å²) in [7, 11) is 0. The number of hydrogen-bond donors (Lipinski definition) is 0. The van der Waals surface area contributed by atoms with Gasteiger partial charge in [0.15, 0.2) is 0 Å². The second-order valence-corrected chi connectivity index (χ2v) is 6.59. The zero-order valence-corrected chi connectivity index (χ0v) is 13.9. The fraction of sp³-hybridized carbons (Fsp3) is 0.0400. The molecule has 0 saturated carbocycles. The van der Waals surface area contributed by atoms with Crippen molar-refractivity contribution in [2.75, 3.05) is 0 Å². The van der Waals surface area contributed by atoms with Crippen molar-refractivity contribution in [2.45, 2.75) is 6.42 Å². The van der Waals surface area contributed by atoms with Crippen LogP contribution in [0.15, 0.2) is 97.1 Å². The van der Waals surface area contributed by atoms with Gasteiger partial charge >= 0.3 is 0 Å². The molecule has 5 rings (SSSR count). The van der Waals surface area contributed by atoms with E-state index >= 15 is 0 Å². The van der Waals surface area contributed by atoms with E-state index in [9.17, 15) is 0 Å². The first kappa shape index (κ1) is 14.2. The van der Waals surface area contributed by atoms with Gasteiger partial charge in [0.1, 0.15) is 0 Å². The lowest BCUT2D eigenvalue weighted by Crippen LogP contribution is -1.88. The molecule has 0 aliphatic heterocycles. The Morgan fingerprint density at radius 2 is 0.840 bits per heavy atom. The van der Waals surface area contributed by atoms with E-state index in [0.717, 1.165) is 6.42 Å². The van der Waals surface area contributed by atoms with Gasteiger partial charge in [0.25, 0.3) is 0 Å². The molecule has 0 heterocycles. The van der Waals surface area contributed by atoms with Crippen LogP contribution in [0.4, 0.5) is 0 Å². The lowest BCUT2D eigenvalue weighted by molar-refractivity contribution is 1.26. The molecular formula is C25H18. The van der Waals surface area contributed by atoms with Crippen molar-refractivity contribution >= 4 is 0 Å². The smallest absolute Gasteiger partial charge is 0.00130 e. The molecule has 0 heteroatoms. The minimum atomic E-state index is 1.02. The van der Waals surface area contributed by atoms with Gasteiger partial charge in [-0.25, -0.2) is 0 Å². The quantitative estimate of drug-likeness (QED) is 0.344. The highest BCUT2D eigenvalue weighted by Crippen LogP contribution is 2.47. The summed E-state index contributed by atoms with van der Waals surface area (Å²) >= 11 is 0. The average Bonchev–Trinajstić information content (AvgIpc) is 3.08. The average molecular weight is 318 g/mol. The van der Waals surface area contributed by atoms with Gasteiger partial charge in [0.05, 0.1) is 0 Å². The molecule has 0 nitrogen and oxygen atoms in total. The summed E-state index contributed by atoms with van der Waals surface area (Å²) in [6.45, 7) is 0. The van der Waals surface area contributed by atoms with Crippen LogP contribution < -0.4 is 0 Å². The molecule has 0 aromatic heterocycles. The third-order valence-corrected chi connectivity index (χ3v) is 5.10. The number of hydrogen-bond acceptors (Lipinski definition) is 0. The zero-order chi connectivity index (χ0) is 16.6. The van der Waals surface area contributed by atoms with Crippen LogP contribution in [-0.2, 0) is 6.42 Å². The van der Waals surface area contributed by atoms with Gasteiger partial charge in [0, 0.05) is 0 Å². The SMILES string of the molecule is c1ccc(-c2cccc3c2-c2c(cccc2-c2ccccc2)C3)cc1. The Labute approximate surface area is 148 Å². The summed E-state index contributed by atoms with van der Waals surface area (Å²) < 4.78 is 0. The lowest BCUT2D eigenvalue weighted by Gasteiger charge is -2.14. The minimum absolute atomic E-state index is 1.02. The first-order valence-corrected chi connectivity index (χ1v) is 8.77. The molecule has 0 bridgehead atoms. The molecule has 1 aliphatic rings. The van der Waals surface area contributed by atoms with Crippen molar-refractivity contribution < 1.29 is 0 Å². The van der Waals surface area contributed by atoms with Gasteiger partial charge in [0.2, 0.25) is 0 Å². The molecule has 1 aliphatic carbocycles. The van der Waals surface area contributed by atoms with Gasteiger partial charge in [-0.15, -0.1) is 0 Å². The fourth-order valence-corrected chi connectivity index (χ4v) is 4.01. The standard InChI is InChI=1S/C25H18/c1-3-9-18(10-4-1)22-15-7-13-20-17-21-14-8-16-23(25(21)24(20)22)19-11-5-2-6-12-19/h1-16H,17H2. The second-order valence-electron chi connectivity index (χ2n) is 6.59. The highest BCUT2D eigenvalue weighted by Gasteiger charge is 2.24. The predicted octanol–water partition coefficient (Wildman–Crippen LogP) is 6.59. The molecule has 0 spiro atoms. The number of rotatable bonds is 2. The van der Waals surface area contributed by atoms with Crippen molar-refractivity contribution in [3.8, 4) is 33.4 Å². The van der Waals surface area contributed by atoms with E-state index in [1.807, 2.05) is 0 Å². The van der Waals surface area contributed by atoms with Gasteiger partial charge in [-0.2, -0.15) is 0 Å². The topological polar surface area (TPSA) is 0 Å². The molecule has 118 valence electrons. The maximum Gasteiger partial charge on any atom is -0.00130 e. The Morgan fingerprint density at radius 1 is 0.400 bits per heavy atom. The van der Waals surface area contributed by atoms with Gasteiger partial charge in [-0.3, -0.25) is 0 Å². The summed E-state index contributed by atoms with van der Waals surface area (Å²) in [5, 5.41) is 0. The Hall–Kier alpha value is -3.12. The third-order valence-electron chi connectivity index (χ3n) is 5.10. The molecule has 0 saturated heterocycles. The van der Waals surface area contributed by atoms with Crippen LogP contribution in [0.2, 0.25) is 0 Å². The van der Waals surface area contributed by atoms with Crippen LogP contribution in [0.3, 0.4) is 0 Å². The molecule has 0 atom stereocenters. The van der Waals surface area contributed by atoms with Gasteiger partial charge in [-0.1, -0.05) is 97.1 Å². The summed E-state index contributed by atoms with van der Waals surface area (Å²) in [6, 6.07) is 34.9.